The number of hydrogen-bond acceptors (Lipinski definition) is 5. The summed E-state index contributed by atoms with van der Waals surface area (Å²) in [5.41, 5.74) is 3.95. The Morgan fingerprint density at radius 2 is 2.12 bits per heavy atom. The van der Waals surface area contributed by atoms with Crippen molar-refractivity contribution in [2.45, 2.75) is 19.4 Å². The number of carbonyl (C=O) groups excluding carboxylic acids is 1. The van der Waals surface area contributed by atoms with Crippen molar-refractivity contribution in [3.05, 3.63) is 41.7 Å². The monoisotopic (exact) mass is 434 g/mol. The summed E-state index contributed by atoms with van der Waals surface area (Å²) in [6.45, 7) is 2.27. The van der Waals surface area contributed by atoms with Gasteiger partial charge in [0.05, 0.1) is 29.4 Å². The summed E-state index contributed by atoms with van der Waals surface area (Å²) in [6, 6.07) is 8.95. The summed E-state index contributed by atoms with van der Waals surface area (Å²) in [7, 11) is 3.09. The maximum absolute atomic E-state index is 15.0. The highest BCUT2D eigenvalue weighted by Crippen LogP contribution is 2.42. The summed E-state index contributed by atoms with van der Waals surface area (Å²) in [5.74, 6) is 1.05. The molecule has 7 nitrogen and oxygen atoms in total. The molecule has 1 aliphatic carbocycles. The fraction of sp³-hybridized carbons (Fsp3) is 0.333. The lowest BCUT2D eigenvalue weighted by Gasteiger charge is -2.21. The summed E-state index contributed by atoms with van der Waals surface area (Å²) in [4.78, 5) is 16.7. The second kappa shape index (κ2) is 6.98. The number of ether oxygens (including phenoxy) is 2. The Morgan fingerprint density at radius 3 is 2.91 bits per heavy atom. The average molecular weight is 434 g/mol. The van der Waals surface area contributed by atoms with Gasteiger partial charge >= 0.3 is 5.97 Å². The van der Waals surface area contributed by atoms with Crippen LogP contribution in [0.15, 0.2) is 30.3 Å². The molecule has 1 aliphatic heterocycles. The van der Waals surface area contributed by atoms with Crippen LogP contribution in [0.4, 0.5) is 10.1 Å². The van der Waals surface area contributed by atoms with Crippen molar-refractivity contribution in [3.8, 4) is 17.3 Å². The van der Waals surface area contributed by atoms with Crippen LogP contribution in [-0.4, -0.2) is 40.3 Å². The molecule has 0 spiro atoms. The third-order valence-corrected chi connectivity index (χ3v) is 6.40. The first kappa shape index (κ1) is 19.2. The standard InChI is InChI=1S/C24H23FN4O3/c1-28-22-16(25)9-15(24(30)31-2)10-17(22)27-23(28)18-11-14-5-6-19-20(26-7-8-32-19)21(14)29(18)12-13-3-4-13/h5-6,9-11,13,26H,3-4,7-8,12H2,1-2H3. The predicted octanol–water partition coefficient (Wildman–Crippen LogP) is 4.34. The lowest BCUT2D eigenvalue weighted by molar-refractivity contribution is 0.0600. The maximum atomic E-state index is 15.0. The Morgan fingerprint density at radius 1 is 1.28 bits per heavy atom. The number of imidazole rings is 1. The van der Waals surface area contributed by atoms with E-state index in [1.165, 1.54) is 26.0 Å². The van der Waals surface area contributed by atoms with E-state index in [-0.39, 0.29) is 5.56 Å². The van der Waals surface area contributed by atoms with Crippen LogP contribution < -0.4 is 10.1 Å². The van der Waals surface area contributed by atoms with Gasteiger partial charge in [0.2, 0.25) is 0 Å². The molecule has 1 fully saturated rings. The molecule has 4 aromatic rings. The molecule has 32 heavy (non-hydrogen) atoms. The highest BCUT2D eigenvalue weighted by Gasteiger charge is 2.28. The predicted molar refractivity (Wildman–Crippen MR) is 120 cm³/mol. The summed E-state index contributed by atoms with van der Waals surface area (Å²) < 4.78 is 29.7. The molecular formula is C24H23FN4O3. The van der Waals surface area contributed by atoms with Crippen LogP contribution in [0.2, 0.25) is 0 Å². The molecular weight excluding hydrogens is 411 g/mol. The van der Waals surface area contributed by atoms with Gasteiger partial charge in [-0.15, -0.1) is 0 Å². The molecule has 2 aromatic heterocycles. The number of rotatable bonds is 4. The molecule has 3 heterocycles. The minimum atomic E-state index is -0.585. The Hall–Kier alpha value is -3.55. The Balaban J connectivity index is 1.60. The van der Waals surface area contributed by atoms with Crippen molar-refractivity contribution in [3.63, 3.8) is 0 Å². The van der Waals surface area contributed by atoms with E-state index in [9.17, 15) is 9.18 Å². The first-order valence-electron chi connectivity index (χ1n) is 10.8. The van der Waals surface area contributed by atoms with E-state index in [1.807, 2.05) is 13.1 Å². The number of methoxy groups -OCH3 is 1. The van der Waals surface area contributed by atoms with Crippen LogP contribution in [-0.2, 0) is 18.3 Å². The van der Waals surface area contributed by atoms with E-state index >= 15 is 0 Å². The number of halogens is 1. The van der Waals surface area contributed by atoms with Crippen molar-refractivity contribution in [2.75, 3.05) is 25.6 Å². The molecule has 164 valence electrons. The van der Waals surface area contributed by atoms with E-state index in [4.69, 9.17) is 14.5 Å². The molecule has 2 aromatic carbocycles. The van der Waals surface area contributed by atoms with Crippen LogP contribution >= 0.6 is 0 Å². The molecule has 0 unspecified atom stereocenters. The highest BCUT2D eigenvalue weighted by molar-refractivity contribution is 5.99. The van der Waals surface area contributed by atoms with E-state index < -0.39 is 11.8 Å². The third-order valence-electron chi connectivity index (χ3n) is 6.40. The van der Waals surface area contributed by atoms with Crippen molar-refractivity contribution in [2.24, 2.45) is 13.0 Å². The van der Waals surface area contributed by atoms with Crippen molar-refractivity contribution in [1.29, 1.82) is 0 Å². The first-order valence-corrected chi connectivity index (χ1v) is 10.8. The SMILES string of the molecule is COC(=O)c1cc(F)c2c(c1)nc(-c1cc3ccc4c(c3n1CC1CC1)NCCO4)n2C. The zero-order valence-corrected chi connectivity index (χ0v) is 17.9. The lowest BCUT2D eigenvalue weighted by Crippen LogP contribution is -2.19. The molecule has 0 saturated heterocycles. The van der Waals surface area contributed by atoms with Gasteiger partial charge in [-0.25, -0.2) is 14.2 Å². The smallest absolute Gasteiger partial charge is 0.338 e. The lowest BCUT2D eigenvalue weighted by atomic mass is 10.2. The maximum Gasteiger partial charge on any atom is 0.338 e. The van der Waals surface area contributed by atoms with E-state index in [2.05, 4.69) is 22.0 Å². The van der Waals surface area contributed by atoms with Gasteiger partial charge in [-0.1, -0.05) is 0 Å². The fourth-order valence-electron chi connectivity index (χ4n) is 4.66. The zero-order valence-electron chi connectivity index (χ0n) is 17.9. The van der Waals surface area contributed by atoms with E-state index in [0.717, 1.165) is 41.1 Å². The second-order valence-corrected chi connectivity index (χ2v) is 8.55. The van der Waals surface area contributed by atoms with E-state index in [0.29, 0.717) is 29.4 Å². The van der Waals surface area contributed by atoms with Gasteiger partial charge in [-0.2, -0.15) is 0 Å². The number of nitrogens with one attached hydrogen (secondary N) is 1. The molecule has 1 N–H and O–H groups in total. The van der Waals surface area contributed by atoms with Crippen molar-refractivity contribution < 1.29 is 18.7 Å². The zero-order chi connectivity index (χ0) is 22.0. The quantitative estimate of drug-likeness (QED) is 0.484. The molecule has 8 heteroatoms. The third kappa shape index (κ3) is 2.86. The van der Waals surface area contributed by atoms with Crippen LogP contribution in [0.25, 0.3) is 33.5 Å². The molecule has 0 amide bonds. The highest BCUT2D eigenvalue weighted by atomic mass is 19.1. The topological polar surface area (TPSA) is 70.3 Å². The normalized spacial score (nSPS) is 15.5. The largest absolute Gasteiger partial charge is 0.490 e. The van der Waals surface area contributed by atoms with Crippen LogP contribution in [0, 0.1) is 11.7 Å². The number of nitrogens with zero attached hydrogens (tertiary/aromatic N) is 3. The van der Waals surface area contributed by atoms with Gasteiger partial charge in [-0.3, -0.25) is 0 Å². The number of fused-ring (bicyclic) bond motifs is 4. The first-order chi connectivity index (χ1) is 15.5. The summed E-state index contributed by atoms with van der Waals surface area (Å²) in [6.07, 6.45) is 2.41. The Bertz CT molecular complexity index is 1400. The number of benzene rings is 2. The number of anilines is 1. The van der Waals surface area contributed by atoms with Crippen LogP contribution in [0.5, 0.6) is 5.75 Å². The molecule has 0 atom stereocenters. The minimum Gasteiger partial charge on any atom is -0.490 e. The number of hydrogen-bond donors (Lipinski definition) is 1. The molecule has 1 saturated carbocycles. The Kier molecular flexibility index (Phi) is 4.18. The Labute approximate surface area is 183 Å². The number of carbonyl (C=O) groups is 1. The van der Waals surface area contributed by atoms with E-state index in [1.54, 1.807) is 10.6 Å². The van der Waals surface area contributed by atoms with Crippen molar-refractivity contribution in [1.82, 2.24) is 14.1 Å². The number of esters is 1. The molecule has 6 rings (SSSR count). The summed E-state index contributed by atoms with van der Waals surface area (Å²) in [5, 5.41) is 4.58. The summed E-state index contributed by atoms with van der Waals surface area (Å²) >= 11 is 0. The second-order valence-electron chi connectivity index (χ2n) is 8.55. The molecule has 2 aliphatic rings. The van der Waals surface area contributed by atoms with Crippen LogP contribution in [0.3, 0.4) is 0 Å². The van der Waals surface area contributed by atoms with Gasteiger partial charge in [0.1, 0.15) is 29.4 Å². The van der Waals surface area contributed by atoms with Gasteiger partial charge in [-0.05, 0) is 49.1 Å². The number of aromatic nitrogens is 3. The van der Waals surface area contributed by atoms with Gasteiger partial charge < -0.3 is 23.9 Å². The minimum absolute atomic E-state index is 0.149. The molecule has 0 radical (unpaired) electrons. The molecule has 0 bridgehead atoms. The fourth-order valence-corrected chi connectivity index (χ4v) is 4.66. The average Bonchev–Trinajstić information content (AvgIpc) is 3.46. The van der Waals surface area contributed by atoms with Crippen LogP contribution in [0.1, 0.15) is 23.2 Å². The van der Waals surface area contributed by atoms with Gasteiger partial charge in [0.25, 0.3) is 0 Å². The van der Waals surface area contributed by atoms with Gasteiger partial charge in [0, 0.05) is 25.5 Å². The number of aryl methyl sites for hydroxylation is 1. The van der Waals surface area contributed by atoms with Gasteiger partial charge in [0.15, 0.2) is 5.82 Å². The van der Waals surface area contributed by atoms with Crippen molar-refractivity contribution >= 4 is 33.6 Å².